The molecule has 0 spiro atoms. The number of benzene rings is 1. The van der Waals surface area contributed by atoms with Gasteiger partial charge in [-0.25, -0.2) is 0 Å². The van der Waals surface area contributed by atoms with Crippen LogP contribution >= 0.6 is 0 Å². The number of aromatic amines is 1. The number of ether oxygens (including phenoxy) is 1. The molecule has 0 atom stereocenters. The second-order valence-corrected chi connectivity index (χ2v) is 3.13. The fourth-order valence-corrected chi connectivity index (χ4v) is 1.51. The van der Waals surface area contributed by atoms with Crippen LogP contribution in [0.2, 0.25) is 0 Å². The van der Waals surface area contributed by atoms with Crippen molar-refractivity contribution in [1.29, 1.82) is 0 Å². The summed E-state index contributed by atoms with van der Waals surface area (Å²) in [4.78, 5) is 13.8. The standard InChI is InChI=1S/C11H11NO3/c1-2-15-9-5-3-4-7-8(13)6-10(14)12-11(7)9/h3-6H,2H2,1H3,(H2,12,13,14). The Labute approximate surface area is 86.1 Å². The molecule has 0 aliphatic rings. The lowest BCUT2D eigenvalue weighted by Gasteiger charge is -2.07. The van der Waals surface area contributed by atoms with Crippen LogP contribution in [-0.2, 0) is 0 Å². The van der Waals surface area contributed by atoms with Gasteiger partial charge < -0.3 is 14.8 Å². The number of H-pyrrole nitrogens is 1. The Morgan fingerprint density at radius 1 is 1.47 bits per heavy atom. The molecule has 1 aromatic heterocycles. The highest BCUT2D eigenvalue weighted by Crippen LogP contribution is 2.27. The molecule has 0 aliphatic heterocycles. The summed E-state index contributed by atoms with van der Waals surface area (Å²) in [5.41, 5.74) is 0.191. The molecule has 2 aromatic rings. The summed E-state index contributed by atoms with van der Waals surface area (Å²) >= 11 is 0. The minimum Gasteiger partial charge on any atom is -0.507 e. The Balaban J connectivity index is 2.78. The molecule has 4 nitrogen and oxygen atoms in total. The smallest absolute Gasteiger partial charge is 0.252 e. The zero-order valence-electron chi connectivity index (χ0n) is 8.28. The zero-order valence-corrected chi connectivity index (χ0v) is 8.28. The number of aromatic nitrogens is 1. The average Bonchev–Trinajstić information content (AvgIpc) is 2.19. The molecule has 0 unspecified atom stereocenters. The molecule has 1 aromatic carbocycles. The summed E-state index contributed by atoms with van der Waals surface area (Å²) < 4.78 is 5.35. The van der Waals surface area contributed by atoms with Crippen molar-refractivity contribution in [2.45, 2.75) is 6.92 Å². The molecule has 0 aliphatic carbocycles. The first-order valence-corrected chi connectivity index (χ1v) is 4.70. The van der Waals surface area contributed by atoms with Gasteiger partial charge >= 0.3 is 0 Å². The molecule has 0 bridgehead atoms. The van der Waals surface area contributed by atoms with Crippen LogP contribution in [0.15, 0.2) is 29.1 Å². The zero-order chi connectivity index (χ0) is 10.8. The normalized spacial score (nSPS) is 10.5. The lowest BCUT2D eigenvalue weighted by Crippen LogP contribution is -2.04. The topological polar surface area (TPSA) is 62.3 Å². The molecule has 1 heterocycles. The number of rotatable bonds is 2. The van der Waals surface area contributed by atoms with E-state index in [1.54, 1.807) is 18.2 Å². The first-order valence-electron chi connectivity index (χ1n) is 4.70. The molecule has 0 saturated heterocycles. The number of fused-ring (bicyclic) bond motifs is 1. The highest BCUT2D eigenvalue weighted by Gasteiger charge is 2.06. The Morgan fingerprint density at radius 3 is 3.00 bits per heavy atom. The lowest BCUT2D eigenvalue weighted by molar-refractivity contribution is 0.343. The van der Waals surface area contributed by atoms with E-state index in [0.717, 1.165) is 6.07 Å². The fraction of sp³-hybridized carbons (Fsp3) is 0.182. The summed E-state index contributed by atoms with van der Waals surface area (Å²) in [6, 6.07) is 6.40. The number of aromatic hydroxyl groups is 1. The van der Waals surface area contributed by atoms with Crippen LogP contribution in [0.3, 0.4) is 0 Å². The van der Waals surface area contributed by atoms with E-state index in [9.17, 15) is 9.90 Å². The number of hydrogen-bond acceptors (Lipinski definition) is 3. The Kier molecular flexibility index (Phi) is 2.33. The molecule has 78 valence electrons. The third-order valence-corrected chi connectivity index (χ3v) is 2.12. The van der Waals surface area contributed by atoms with E-state index < -0.39 is 0 Å². The number of nitrogens with one attached hydrogen (secondary N) is 1. The van der Waals surface area contributed by atoms with Crippen LogP contribution in [0.25, 0.3) is 10.9 Å². The van der Waals surface area contributed by atoms with Gasteiger partial charge in [-0.1, -0.05) is 6.07 Å². The summed E-state index contributed by atoms with van der Waals surface area (Å²) in [6.07, 6.45) is 0. The first-order chi connectivity index (χ1) is 7.22. The highest BCUT2D eigenvalue weighted by atomic mass is 16.5. The predicted molar refractivity (Wildman–Crippen MR) is 57.4 cm³/mol. The van der Waals surface area contributed by atoms with Crippen LogP contribution in [0.4, 0.5) is 0 Å². The molecule has 15 heavy (non-hydrogen) atoms. The first kappa shape index (κ1) is 9.58. The maximum Gasteiger partial charge on any atom is 0.252 e. The van der Waals surface area contributed by atoms with Crippen LogP contribution in [0.5, 0.6) is 11.5 Å². The SMILES string of the molecule is CCOc1cccc2c(O)cc(=O)[nH]c12. The van der Waals surface area contributed by atoms with Crippen molar-refractivity contribution in [2.75, 3.05) is 6.61 Å². The monoisotopic (exact) mass is 205 g/mol. The van der Waals surface area contributed by atoms with Crippen LogP contribution in [0.1, 0.15) is 6.92 Å². The molecule has 0 radical (unpaired) electrons. The van der Waals surface area contributed by atoms with Crippen molar-refractivity contribution < 1.29 is 9.84 Å². The largest absolute Gasteiger partial charge is 0.507 e. The maximum atomic E-state index is 11.2. The van der Waals surface area contributed by atoms with Gasteiger partial charge in [-0.15, -0.1) is 0 Å². The average molecular weight is 205 g/mol. The number of pyridine rings is 1. The van der Waals surface area contributed by atoms with Gasteiger partial charge in [-0.3, -0.25) is 4.79 Å². The maximum absolute atomic E-state index is 11.2. The molecule has 4 heteroatoms. The predicted octanol–water partition coefficient (Wildman–Crippen LogP) is 1.63. The van der Waals surface area contributed by atoms with Gasteiger partial charge in [-0.05, 0) is 19.1 Å². The minimum atomic E-state index is -0.341. The Morgan fingerprint density at radius 2 is 2.27 bits per heavy atom. The third kappa shape index (κ3) is 1.66. The van der Waals surface area contributed by atoms with E-state index in [1.165, 1.54) is 0 Å². The summed E-state index contributed by atoms with van der Waals surface area (Å²) in [6.45, 7) is 2.37. The van der Waals surface area contributed by atoms with Crippen molar-refractivity contribution in [3.05, 3.63) is 34.6 Å². The van der Waals surface area contributed by atoms with Crippen molar-refractivity contribution in [3.8, 4) is 11.5 Å². The molecule has 0 amide bonds. The second kappa shape index (κ2) is 3.65. The summed E-state index contributed by atoms with van der Waals surface area (Å²) in [5.74, 6) is 0.540. The molecule has 2 rings (SSSR count). The van der Waals surface area contributed by atoms with Crippen LogP contribution in [-0.4, -0.2) is 16.7 Å². The van der Waals surface area contributed by atoms with Crippen molar-refractivity contribution >= 4 is 10.9 Å². The van der Waals surface area contributed by atoms with E-state index in [4.69, 9.17) is 4.74 Å². The molecular formula is C11H11NO3. The van der Waals surface area contributed by atoms with E-state index in [1.807, 2.05) is 6.92 Å². The number of para-hydroxylation sites is 1. The fourth-order valence-electron chi connectivity index (χ4n) is 1.51. The van der Waals surface area contributed by atoms with Gasteiger partial charge in [-0.2, -0.15) is 0 Å². The van der Waals surface area contributed by atoms with E-state index in [0.29, 0.717) is 23.3 Å². The van der Waals surface area contributed by atoms with Gasteiger partial charge in [0.2, 0.25) is 0 Å². The van der Waals surface area contributed by atoms with E-state index >= 15 is 0 Å². The Bertz CT molecular complexity index is 545. The van der Waals surface area contributed by atoms with Crippen LogP contribution in [0, 0.1) is 0 Å². The molecule has 0 fully saturated rings. The molecule has 2 N–H and O–H groups in total. The van der Waals surface area contributed by atoms with E-state index in [2.05, 4.69) is 4.98 Å². The Hall–Kier alpha value is -1.97. The van der Waals surface area contributed by atoms with E-state index in [-0.39, 0.29) is 11.3 Å². The lowest BCUT2D eigenvalue weighted by atomic mass is 10.2. The van der Waals surface area contributed by atoms with Crippen molar-refractivity contribution in [2.24, 2.45) is 0 Å². The van der Waals surface area contributed by atoms with Gasteiger partial charge in [0.05, 0.1) is 12.1 Å². The second-order valence-electron chi connectivity index (χ2n) is 3.13. The summed E-state index contributed by atoms with van der Waals surface area (Å²) in [7, 11) is 0. The quantitative estimate of drug-likeness (QED) is 0.783. The van der Waals surface area contributed by atoms with Gasteiger partial charge in [0.15, 0.2) is 0 Å². The van der Waals surface area contributed by atoms with Gasteiger partial charge in [0.25, 0.3) is 5.56 Å². The van der Waals surface area contributed by atoms with Gasteiger partial charge in [0.1, 0.15) is 11.5 Å². The highest BCUT2D eigenvalue weighted by molar-refractivity contribution is 5.89. The minimum absolute atomic E-state index is 0.0321. The van der Waals surface area contributed by atoms with Gasteiger partial charge in [0, 0.05) is 11.5 Å². The molecular weight excluding hydrogens is 194 g/mol. The van der Waals surface area contributed by atoms with Crippen LogP contribution < -0.4 is 10.3 Å². The van der Waals surface area contributed by atoms with Crippen molar-refractivity contribution in [3.63, 3.8) is 0 Å². The van der Waals surface area contributed by atoms with Crippen molar-refractivity contribution in [1.82, 2.24) is 4.98 Å². The summed E-state index contributed by atoms with van der Waals surface area (Å²) in [5, 5.41) is 10.2. The number of hydrogen-bond donors (Lipinski definition) is 2. The molecule has 0 saturated carbocycles. The third-order valence-electron chi connectivity index (χ3n) is 2.12.